The topological polar surface area (TPSA) is 61.8 Å². The molecule has 0 unspecified atom stereocenters. The number of benzene rings is 3. The van der Waals surface area contributed by atoms with Gasteiger partial charge in [0.05, 0.1) is 45.8 Å². The van der Waals surface area contributed by atoms with Crippen LogP contribution < -0.4 is 23.7 Å². The first-order chi connectivity index (χ1) is 16.2. The number of nitrogens with zero attached hydrogens (tertiary/aromatic N) is 2. The Balaban J connectivity index is 1.63. The first kappa shape index (κ1) is 21.0. The van der Waals surface area contributed by atoms with E-state index in [0.717, 1.165) is 40.3 Å². The molecule has 0 N–H and O–H groups in total. The molecule has 0 radical (unpaired) electrons. The molecule has 2 aliphatic rings. The lowest BCUT2D eigenvalue weighted by molar-refractivity contribution is -0.0205. The van der Waals surface area contributed by atoms with E-state index < -0.39 is 6.23 Å². The Morgan fingerprint density at radius 3 is 2.39 bits per heavy atom. The third kappa shape index (κ3) is 3.50. The standard InChI is InChI=1S/C26H26N2O5/c1-29-17-9-7-8-16(14-17)20-15-21-18-10-5-6-11-22(18)33-26(28(21)27-20)19-12-13-23(30-2)25(32-4)24(19)31-3/h5-14,21,26H,15H2,1-4H3/t21-,26+/m1/s1. The van der Waals surface area contributed by atoms with Gasteiger partial charge in [0.1, 0.15) is 11.5 Å². The van der Waals surface area contributed by atoms with Crippen molar-refractivity contribution in [2.75, 3.05) is 28.4 Å². The second kappa shape index (κ2) is 8.58. The van der Waals surface area contributed by atoms with Gasteiger partial charge < -0.3 is 23.7 Å². The minimum atomic E-state index is -0.497. The molecule has 0 spiro atoms. The monoisotopic (exact) mass is 446 g/mol. The summed E-state index contributed by atoms with van der Waals surface area (Å²) in [6, 6.07) is 19.9. The van der Waals surface area contributed by atoms with E-state index in [2.05, 4.69) is 12.1 Å². The van der Waals surface area contributed by atoms with Gasteiger partial charge in [-0.25, -0.2) is 5.01 Å². The highest BCUT2D eigenvalue weighted by molar-refractivity contribution is 6.02. The Labute approximate surface area is 193 Å². The van der Waals surface area contributed by atoms with E-state index in [1.165, 1.54) is 0 Å². The minimum absolute atomic E-state index is 0.0268. The fourth-order valence-electron chi connectivity index (χ4n) is 4.54. The quantitative estimate of drug-likeness (QED) is 0.533. The molecule has 0 bridgehead atoms. The summed E-state index contributed by atoms with van der Waals surface area (Å²) >= 11 is 0. The highest BCUT2D eigenvalue weighted by Gasteiger charge is 2.42. The fraction of sp³-hybridized carbons (Fsp3) is 0.269. The fourth-order valence-corrected chi connectivity index (χ4v) is 4.54. The Hall–Kier alpha value is -3.87. The molecule has 0 saturated carbocycles. The van der Waals surface area contributed by atoms with E-state index in [0.29, 0.717) is 17.2 Å². The summed E-state index contributed by atoms with van der Waals surface area (Å²) in [5.74, 6) is 3.31. The van der Waals surface area contributed by atoms with Crippen LogP contribution in [0.1, 0.15) is 35.4 Å². The van der Waals surface area contributed by atoms with Crippen molar-refractivity contribution in [3.05, 3.63) is 77.4 Å². The van der Waals surface area contributed by atoms with Crippen LogP contribution >= 0.6 is 0 Å². The van der Waals surface area contributed by atoms with E-state index in [-0.39, 0.29) is 6.04 Å². The van der Waals surface area contributed by atoms with Gasteiger partial charge in [-0.3, -0.25) is 0 Å². The summed E-state index contributed by atoms with van der Waals surface area (Å²) in [6.45, 7) is 0. The molecule has 0 aliphatic carbocycles. The van der Waals surface area contributed by atoms with Gasteiger partial charge >= 0.3 is 0 Å². The second-order valence-corrected chi connectivity index (χ2v) is 7.81. The van der Waals surface area contributed by atoms with Crippen LogP contribution in [0.4, 0.5) is 0 Å². The summed E-state index contributed by atoms with van der Waals surface area (Å²) in [7, 11) is 6.48. The van der Waals surface area contributed by atoms with Crippen molar-refractivity contribution in [2.24, 2.45) is 5.10 Å². The molecule has 7 heteroatoms. The van der Waals surface area contributed by atoms with Crippen LogP contribution in [0.3, 0.4) is 0 Å². The molecule has 0 fully saturated rings. The molecule has 5 rings (SSSR count). The first-order valence-electron chi connectivity index (χ1n) is 10.7. The smallest absolute Gasteiger partial charge is 0.217 e. The maximum absolute atomic E-state index is 6.49. The number of hydrogen-bond acceptors (Lipinski definition) is 7. The van der Waals surface area contributed by atoms with Crippen molar-refractivity contribution in [2.45, 2.75) is 18.7 Å². The molecule has 0 aromatic heterocycles. The van der Waals surface area contributed by atoms with Crippen LogP contribution in [0, 0.1) is 0 Å². The molecule has 2 aliphatic heterocycles. The van der Waals surface area contributed by atoms with E-state index >= 15 is 0 Å². The molecule has 33 heavy (non-hydrogen) atoms. The molecule has 3 aromatic carbocycles. The first-order valence-corrected chi connectivity index (χ1v) is 10.7. The van der Waals surface area contributed by atoms with Gasteiger partial charge in [0.2, 0.25) is 12.0 Å². The van der Waals surface area contributed by atoms with Crippen molar-refractivity contribution < 1.29 is 23.7 Å². The van der Waals surface area contributed by atoms with Gasteiger partial charge in [-0.1, -0.05) is 30.3 Å². The predicted octanol–water partition coefficient (Wildman–Crippen LogP) is 4.96. The van der Waals surface area contributed by atoms with Crippen LogP contribution in [-0.4, -0.2) is 39.2 Å². The van der Waals surface area contributed by atoms with Crippen LogP contribution in [0.5, 0.6) is 28.7 Å². The summed E-state index contributed by atoms with van der Waals surface area (Å²) in [6.07, 6.45) is 0.252. The molecule has 0 amide bonds. The average Bonchev–Trinajstić information content (AvgIpc) is 3.33. The number of para-hydroxylation sites is 1. The lowest BCUT2D eigenvalue weighted by Gasteiger charge is -2.38. The van der Waals surface area contributed by atoms with E-state index in [9.17, 15) is 0 Å². The van der Waals surface area contributed by atoms with E-state index in [1.807, 2.05) is 53.5 Å². The Morgan fingerprint density at radius 1 is 0.818 bits per heavy atom. The largest absolute Gasteiger partial charge is 0.497 e. The van der Waals surface area contributed by atoms with Crippen molar-refractivity contribution in [1.82, 2.24) is 5.01 Å². The highest BCUT2D eigenvalue weighted by atomic mass is 16.5. The summed E-state index contributed by atoms with van der Waals surface area (Å²) in [5.41, 5.74) is 3.92. The van der Waals surface area contributed by atoms with Gasteiger partial charge in [-0.15, -0.1) is 0 Å². The Morgan fingerprint density at radius 2 is 1.64 bits per heavy atom. The van der Waals surface area contributed by atoms with Gasteiger partial charge in [0.25, 0.3) is 0 Å². The number of rotatable bonds is 6. The number of hydrazone groups is 1. The van der Waals surface area contributed by atoms with Gasteiger partial charge in [-0.05, 0) is 30.3 Å². The predicted molar refractivity (Wildman–Crippen MR) is 125 cm³/mol. The van der Waals surface area contributed by atoms with Gasteiger partial charge in [-0.2, -0.15) is 5.10 Å². The zero-order valence-corrected chi connectivity index (χ0v) is 19.1. The van der Waals surface area contributed by atoms with Crippen molar-refractivity contribution in [3.8, 4) is 28.7 Å². The number of hydrogen-bond donors (Lipinski definition) is 0. The van der Waals surface area contributed by atoms with Crippen molar-refractivity contribution >= 4 is 5.71 Å². The van der Waals surface area contributed by atoms with Crippen LogP contribution in [0.25, 0.3) is 0 Å². The number of methoxy groups -OCH3 is 4. The van der Waals surface area contributed by atoms with Crippen LogP contribution in [0.15, 0.2) is 65.8 Å². The molecule has 3 aromatic rings. The third-order valence-corrected chi connectivity index (χ3v) is 6.10. The lowest BCUT2D eigenvalue weighted by atomic mass is 9.95. The molecule has 7 nitrogen and oxygen atoms in total. The van der Waals surface area contributed by atoms with Gasteiger partial charge in [0, 0.05) is 17.5 Å². The second-order valence-electron chi connectivity index (χ2n) is 7.81. The summed E-state index contributed by atoms with van der Waals surface area (Å²) in [5, 5.41) is 7.04. The minimum Gasteiger partial charge on any atom is -0.497 e. The lowest BCUT2D eigenvalue weighted by Crippen LogP contribution is -2.34. The zero-order chi connectivity index (χ0) is 22.9. The Kier molecular flexibility index (Phi) is 5.46. The Bertz CT molecular complexity index is 1210. The highest BCUT2D eigenvalue weighted by Crippen LogP contribution is 2.51. The maximum Gasteiger partial charge on any atom is 0.217 e. The molecule has 170 valence electrons. The zero-order valence-electron chi connectivity index (χ0n) is 19.1. The molecular weight excluding hydrogens is 420 g/mol. The average molecular weight is 447 g/mol. The summed E-state index contributed by atoms with van der Waals surface area (Å²) < 4.78 is 28.8. The molecular formula is C26H26N2O5. The van der Waals surface area contributed by atoms with Gasteiger partial charge in [0.15, 0.2) is 11.5 Å². The number of fused-ring (bicyclic) bond motifs is 3. The molecule has 2 heterocycles. The normalized spacial score (nSPS) is 18.5. The third-order valence-electron chi connectivity index (χ3n) is 6.10. The summed E-state index contributed by atoms with van der Waals surface area (Å²) in [4.78, 5) is 0. The van der Waals surface area contributed by atoms with Crippen molar-refractivity contribution in [3.63, 3.8) is 0 Å². The van der Waals surface area contributed by atoms with E-state index in [1.54, 1.807) is 28.4 Å². The molecule has 2 atom stereocenters. The van der Waals surface area contributed by atoms with E-state index in [4.69, 9.17) is 28.8 Å². The van der Waals surface area contributed by atoms with Crippen molar-refractivity contribution in [1.29, 1.82) is 0 Å². The maximum atomic E-state index is 6.49. The number of ether oxygens (including phenoxy) is 5. The molecule has 0 saturated heterocycles. The van der Waals surface area contributed by atoms with Crippen LogP contribution in [-0.2, 0) is 0 Å². The van der Waals surface area contributed by atoms with Crippen LogP contribution in [0.2, 0.25) is 0 Å². The SMILES string of the molecule is COc1cccc(C2=NN3[C@H](C2)c2ccccc2O[C@H]3c2ccc(OC)c(OC)c2OC)c1.